The normalized spacial score (nSPS) is 13.9. The molecule has 0 N–H and O–H groups in total. The second-order valence-electron chi connectivity index (χ2n) is 6.63. The van der Waals surface area contributed by atoms with Gasteiger partial charge in [-0.1, -0.05) is 55.2 Å². The molecule has 4 nitrogen and oxygen atoms in total. The van der Waals surface area contributed by atoms with Crippen molar-refractivity contribution in [3.05, 3.63) is 71.3 Å². The van der Waals surface area contributed by atoms with Gasteiger partial charge in [-0.25, -0.2) is 0 Å². The summed E-state index contributed by atoms with van der Waals surface area (Å²) in [5, 5.41) is 9.23. The number of aliphatic imine (C=N–C) groups is 2. The summed E-state index contributed by atoms with van der Waals surface area (Å²) in [4.78, 5) is 8.44. The van der Waals surface area contributed by atoms with Gasteiger partial charge in [-0.3, -0.25) is 9.98 Å². The molecule has 0 aliphatic heterocycles. The van der Waals surface area contributed by atoms with Crippen molar-refractivity contribution in [1.29, 1.82) is 5.26 Å². The first-order valence-corrected chi connectivity index (χ1v) is 10.9. The van der Waals surface area contributed by atoms with Crippen molar-refractivity contribution in [2.24, 2.45) is 15.9 Å². The molecule has 0 spiro atoms. The van der Waals surface area contributed by atoms with Crippen LogP contribution in [0.4, 0.5) is 0 Å². The lowest BCUT2D eigenvalue weighted by Crippen LogP contribution is -2.05. The molecular formula is C24H28IN3O. The number of allylic oxidation sites excluding steroid dienone is 4. The van der Waals surface area contributed by atoms with Crippen molar-refractivity contribution in [2.75, 3.05) is 4.43 Å². The second-order valence-corrected chi connectivity index (χ2v) is 7.40. The van der Waals surface area contributed by atoms with Gasteiger partial charge in [0.25, 0.3) is 0 Å². The highest BCUT2D eigenvalue weighted by atomic mass is 127. The van der Waals surface area contributed by atoms with E-state index in [1.807, 2.05) is 32.1 Å². The van der Waals surface area contributed by atoms with Crippen LogP contribution in [-0.4, -0.2) is 16.9 Å². The van der Waals surface area contributed by atoms with E-state index in [1.54, 1.807) is 24.4 Å². The van der Waals surface area contributed by atoms with E-state index in [2.05, 4.69) is 65.8 Å². The molecule has 0 saturated carbocycles. The van der Waals surface area contributed by atoms with Crippen LogP contribution >= 0.6 is 22.6 Å². The van der Waals surface area contributed by atoms with Gasteiger partial charge in [0.05, 0.1) is 11.6 Å². The van der Waals surface area contributed by atoms with Crippen LogP contribution in [-0.2, 0) is 0 Å². The number of nitriles is 1. The highest BCUT2D eigenvalue weighted by molar-refractivity contribution is 14.1. The number of benzene rings is 1. The van der Waals surface area contributed by atoms with Gasteiger partial charge in [0, 0.05) is 33.7 Å². The van der Waals surface area contributed by atoms with Crippen LogP contribution < -0.4 is 4.74 Å². The summed E-state index contributed by atoms with van der Waals surface area (Å²) in [5.41, 5.74) is 4.30. The number of rotatable bonds is 10. The van der Waals surface area contributed by atoms with Gasteiger partial charge in [-0.2, -0.15) is 5.26 Å². The van der Waals surface area contributed by atoms with Gasteiger partial charge in [0.15, 0.2) is 0 Å². The standard InChI is InChI=1S/C24H28IN3O/c1-7-17(2)20(5)28-18(3)12-19(4)29-24-13-21(15-26)8-10-23(24)11-9-22(14-25)16-27-6/h8-13,16-17H,4,6-7,14H2,1-3,5H3/b11-9-,18-12-,22-16+,28-20?. The third kappa shape index (κ3) is 8.61. The van der Waals surface area contributed by atoms with Crippen molar-refractivity contribution >= 4 is 41.1 Å². The van der Waals surface area contributed by atoms with E-state index < -0.39 is 0 Å². The van der Waals surface area contributed by atoms with Gasteiger partial charge in [0.2, 0.25) is 0 Å². The largest absolute Gasteiger partial charge is 0.457 e. The molecule has 0 aliphatic carbocycles. The maximum atomic E-state index is 9.23. The molecular weight excluding hydrogens is 473 g/mol. The summed E-state index contributed by atoms with van der Waals surface area (Å²) in [6.07, 6.45) is 8.46. The van der Waals surface area contributed by atoms with Crippen LogP contribution in [0.15, 0.2) is 70.1 Å². The molecule has 152 valence electrons. The minimum atomic E-state index is 0.432. The predicted molar refractivity (Wildman–Crippen MR) is 133 cm³/mol. The van der Waals surface area contributed by atoms with Crippen LogP contribution in [0.1, 0.15) is 45.2 Å². The Kier molecular flexibility index (Phi) is 10.9. The fourth-order valence-corrected chi connectivity index (χ4v) is 2.84. The van der Waals surface area contributed by atoms with E-state index >= 15 is 0 Å². The summed E-state index contributed by atoms with van der Waals surface area (Å²) in [6.45, 7) is 15.7. The summed E-state index contributed by atoms with van der Waals surface area (Å²) in [7, 11) is 0. The molecule has 1 aromatic rings. The van der Waals surface area contributed by atoms with Gasteiger partial charge in [-0.15, -0.1) is 0 Å². The Balaban J connectivity index is 3.13. The van der Waals surface area contributed by atoms with E-state index in [1.165, 1.54) is 0 Å². The number of ether oxygens (including phenoxy) is 1. The lowest BCUT2D eigenvalue weighted by atomic mass is 10.0. The van der Waals surface area contributed by atoms with Gasteiger partial charge < -0.3 is 4.74 Å². The molecule has 0 fully saturated rings. The number of alkyl halides is 1. The number of halogens is 1. The zero-order valence-electron chi connectivity index (χ0n) is 17.6. The Labute approximate surface area is 188 Å². The Morgan fingerprint density at radius 1 is 1.38 bits per heavy atom. The molecule has 0 amide bonds. The Morgan fingerprint density at radius 2 is 2.10 bits per heavy atom. The highest BCUT2D eigenvalue weighted by Gasteiger charge is 2.06. The number of hydrogen-bond donors (Lipinski definition) is 0. The van der Waals surface area contributed by atoms with E-state index in [0.717, 1.165) is 33.4 Å². The van der Waals surface area contributed by atoms with E-state index in [-0.39, 0.29) is 0 Å². The first kappa shape index (κ1) is 24.6. The molecule has 1 unspecified atom stereocenters. The minimum Gasteiger partial charge on any atom is -0.457 e. The summed E-state index contributed by atoms with van der Waals surface area (Å²) < 4.78 is 6.76. The molecule has 0 radical (unpaired) electrons. The first-order valence-electron chi connectivity index (χ1n) is 9.37. The quantitative estimate of drug-likeness (QED) is 0.115. The van der Waals surface area contributed by atoms with Crippen LogP contribution in [0.3, 0.4) is 0 Å². The zero-order chi connectivity index (χ0) is 21.8. The minimum absolute atomic E-state index is 0.432. The number of nitrogens with zero attached hydrogens (tertiary/aromatic N) is 3. The van der Waals surface area contributed by atoms with Crippen molar-refractivity contribution in [3.8, 4) is 11.8 Å². The van der Waals surface area contributed by atoms with E-state index in [4.69, 9.17) is 4.74 Å². The van der Waals surface area contributed by atoms with Crippen molar-refractivity contribution < 1.29 is 4.74 Å². The van der Waals surface area contributed by atoms with Gasteiger partial charge >= 0.3 is 0 Å². The smallest absolute Gasteiger partial charge is 0.135 e. The first-order chi connectivity index (χ1) is 13.8. The van der Waals surface area contributed by atoms with Crippen molar-refractivity contribution in [1.82, 2.24) is 0 Å². The number of hydrogen-bond acceptors (Lipinski definition) is 4. The molecule has 1 atom stereocenters. The molecule has 1 rings (SSSR count). The molecule has 5 heteroatoms. The van der Waals surface area contributed by atoms with Crippen LogP contribution in [0, 0.1) is 17.2 Å². The maximum Gasteiger partial charge on any atom is 0.135 e. The third-order valence-corrected chi connectivity index (χ3v) is 5.20. The van der Waals surface area contributed by atoms with Crippen LogP contribution in [0.2, 0.25) is 0 Å². The zero-order valence-corrected chi connectivity index (χ0v) is 19.7. The Hall–Kier alpha value is -2.46. The third-order valence-electron chi connectivity index (χ3n) is 4.32. The molecule has 29 heavy (non-hydrogen) atoms. The van der Waals surface area contributed by atoms with Crippen molar-refractivity contribution in [3.63, 3.8) is 0 Å². The van der Waals surface area contributed by atoms with Crippen LogP contribution in [0.5, 0.6) is 5.75 Å². The summed E-state index contributed by atoms with van der Waals surface area (Å²) >= 11 is 2.27. The average molecular weight is 501 g/mol. The Bertz CT molecular complexity index is 901. The predicted octanol–water partition coefficient (Wildman–Crippen LogP) is 6.89. The molecule has 1 aromatic carbocycles. The van der Waals surface area contributed by atoms with Gasteiger partial charge in [-0.05, 0) is 56.7 Å². The molecule has 0 bridgehead atoms. The van der Waals surface area contributed by atoms with Crippen molar-refractivity contribution in [2.45, 2.75) is 34.1 Å². The highest BCUT2D eigenvalue weighted by Crippen LogP contribution is 2.25. The van der Waals surface area contributed by atoms with E-state index in [9.17, 15) is 5.26 Å². The summed E-state index contributed by atoms with van der Waals surface area (Å²) in [5.74, 6) is 1.46. The lowest BCUT2D eigenvalue weighted by Gasteiger charge is -2.11. The molecule has 0 aromatic heterocycles. The van der Waals surface area contributed by atoms with Crippen LogP contribution in [0.25, 0.3) is 6.08 Å². The van der Waals surface area contributed by atoms with E-state index in [0.29, 0.717) is 23.0 Å². The maximum absolute atomic E-state index is 9.23. The average Bonchev–Trinajstić information content (AvgIpc) is 2.70. The Morgan fingerprint density at radius 3 is 2.69 bits per heavy atom. The lowest BCUT2D eigenvalue weighted by molar-refractivity contribution is 0.445. The monoisotopic (exact) mass is 501 g/mol. The topological polar surface area (TPSA) is 57.7 Å². The fourth-order valence-electron chi connectivity index (χ4n) is 2.39. The molecule has 0 heterocycles. The molecule has 0 saturated heterocycles. The summed E-state index contributed by atoms with van der Waals surface area (Å²) in [6, 6.07) is 7.46. The SMILES string of the molecule is C=N/C=C(\C=C/c1ccc(C#N)cc1OC(=C)/C=C(/C)N=C(C)C(C)CC)CI. The second kappa shape index (κ2) is 12.9. The molecule has 0 aliphatic rings. The van der Waals surface area contributed by atoms with Gasteiger partial charge in [0.1, 0.15) is 11.5 Å². The fraction of sp³-hybridized carbons (Fsp3) is 0.292.